The minimum absolute atomic E-state index is 0.133. The van der Waals surface area contributed by atoms with E-state index in [1.54, 1.807) is 0 Å². The maximum absolute atomic E-state index is 8.97. The zero-order valence-corrected chi connectivity index (χ0v) is 11.5. The third-order valence-corrected chi connectivity index (χ3v) is 3.78. The lowest BCUT2D eigenvalue weighted by molar-refractivity contribution is 0.00758. The van der Waals surface area contributed by atoms with Crippen LogP contribution in [0.15, 0.2) is 0 Å². The van der Waals surface area contributed by atoms with E-state index in [0.717, 1.165) is 12.8 Å². The second-order valence-electron chi connectivity index (χ2n) is 5.40. The first-order valence-electron chi connectivity index (χ1n) is 7.63. The van der Waals surface area contributed by atoms with Crippen LogP contribution >= 0.6 is 0 Å². The number of ether oxygens (including phenoxy) is 1. The summed E-state index contributed by atoms with van der Waals surface area (Å²) < 4.78 is 5.72. The smallest absolute Gasteiger partial charge is 0.0810 e. The van der Waals surface area contributed by atoms with Crippen molar-refractivity contribution in [3.63, 3.8) is 0 Å². The Morgan fingerprint density at radius 3 is 2.06 bits per heavy atom. The molecule has 1 fully saturated rings. The van der Waals surface area contributed by atoms with Crippen LogP contribution in [0.2, 0.25) is 0 Å². The van der Waals surface area contributed by atoms with Gasteiger partial charge in [-0.1, -0.05) is 58.3 Å². The van der Waals surface area contributed by atoms with E-state index in [2.05, 4.69) is 6.92 Å². The molecule has 1 rings (SSSR count). The normalized spacial score (nSPS) is 24.4. The summed E-state index contributed by atoms with van der Waals surface area (Å²) in [5, 5.41) is 8.97. The van der Waals surface area contributed by atoms with Crippen molar-refractivity contribution in [1.82, 2.24) is 0 Å². The highest BCUT2D eigenvalue weighted by Crippen LogP contribution is 2.23. The fourth-order valence-electron chi connectivity index (χ4n) is 2.63. The van der Waals surface area contributed by atoms with Crippen molar-refractivity contribution >= 4 is 0 Å². The number of aliphatic hydroxyl groups excluding tert-OH is 1. The van der Waals surface area contributed by atoms with Gasteiger partial charge in [0, 0.05) is 0 Å². The molecule has 0 spiro atoms. The Labute approximate surface area is 107 Å². The molecule has 17 heavy (non-hydrogen) atoms. The lowest BCUT2D eigenvalue weighted by Gasteiger charge is -2.11. The average molecular weight is 242 g/mol. The molecule has 2 heteroatoms. The fraction of sp³-hybridized carbons (Fsp3) is 1.00. The fourth-order valence-corrected chi connectivity index (χ4v) is 2.63. The van der Waals surface area contributed by atoms with Gasteiger partial charge in [-0.15, -0.1) is 0 Å². The standard InChI is InChI=1S/C15H30O2/c1-2-3-4-5-6-7-8-9-10-14-11-12-15(13-16)17-14/h14-16H,2-13H2,1H3/t14-,15+/m1/s1. The summed E-state index contributed by atoms with van der Waals surface area (Å²) in [6.07, 6.45) is 15.0. The molecule has 0 aromatic carbocycles. The minimum Gasteiger partial charge on any atom is -0.394 e. The van der Waals surface area contributed by atoms with Crippen molar-refractivity contribution < 1.29 is 9.84 Å². The molecule has 0 unspecified atom stereocenters. The lowest BCUT2D eigenvalue weighted by atomic mass is 10.0. The van der Waals surface area contributed by atoms with E-state index in [1.807, 2.05) is 0 Å². The topological polar surface area (TPSA) is 29.5 Å². The number of unbranched alkanes of at least 4 members (excludes halogenated alkanes) is 7. The molecule has 0 amide bonds. The Kier molecular flexibility index (Phi) is 8.72. The van der Waals surface area contributed by atoms with Crippen LogP contribution in [0.4, 0.5) is 0 Å². The van der Waals surface area contributed by atoms with Gasteiger partial charge in [-0.25, -0.2) is 0 Å². The zero-order valence-electron chi connectivity index (χ0n) is 11.5. The maximum Gasteiger partial charge on any atom is 0.0810 e. The molecule has 1 heterocycles. The van der Waals surface area contributed by atoms with Crippen LogP contribution in [-0.4, -0.2) is 23.9 Å². The molecule has 1 aliphatic heterocycles. The summed E-state index contributed by atoms with van der Waals surface area (Å²) in [5.74, 6) is 0. The average Bonchev–Trinajstić information content (AvgIpc) is 2.80. The first kappa shape index (κ1) is 15.0. The van der Waals surface area contributed by atoms with Crippen molar-refractivity contribution in [3.8, 4) is 0 Å². The Bertz CT molecular complexity index is 170. The van der Waals surface area contributed by atoms with E-state index in [4.69, 9.17) is 9.84 Å². The Morgan fingerprint density at radius 1 is 0.882 bits per heavy atom. The summed E-state index contributed by atoms with van der Waals surface area (Å²) in [6.45, 7) is 2.47. The Balaban J connectivity index is 1.81. The molecule has 102 valence electrons. The van der Waals surface area contributed by atoms with Crippen LogP contribution in [0, 0.1) is 0 Å². The summed E-state index contributed by atoms with van der Waals surface area (Å²) in [7, 11) is 0. The monoisotopic (exact) mass is 242 g/mol. The summed E-state index contributed by atoms with van der Waals surface area (Å²) in [5.41, 5.74) is 0. The van der Waals surface area contributed by atoms with Gasteiger partial charge in [0.25, 0.3) is 0 Å². The molecular weight excluding hydrogens is 212 g/mol. The van der Waals surface area contributed by atoms with Gasteiger partial charge >= 0.3 is 0 Å². The van der Waals surface area contributed by atoms with Crippen molar-refractivity contribution in [2.45, 2.75) is 89.8 Å². The molecule has 0 bridgehead atoms. The molecule has 2 nitrogen and oxygen atoms in total. The van der Waals surface area contributed by atoms with Crippen molar-refractivity contribution in [2.75, 3.05) is 6.61 Å². The van der Waals surface area contributed by atoms with Gasteiger partial charge in [0.05, 0.1) is 18.8 Å². The van der Waals surface area contributed by atoms with Crippen LogP contribution < -0.4 is 0 Å². The van der Waals surface area contributed by atoms with Crippen LogP contribution in [0.3, 0.4) is 0 Å². The van der Waals surface area contributed by atoms with E-state index in [9.17, 15) is 0 Å². The summed E-state index contributed by atoms with van der Waals surface area (Å²) in [4.78, 5) is 0. The van der Waals surface area contributed by atoms with Crippen molar-refractivity contribution in [2.24, 2.45) is 0 Å². The van der Waals surface area contributed by atoms with Crippen LogP contribution in [0.1, 0.15) is 77.6 Å². The van der Waals surface area contributed by atoms with Gasteiger partial charge in [-0.05, 0) is 19.3 Å². The number of hydrogen-bond acceptors (Lipinski definition) is 2. The van der Waals surface area contributed by atoms with E-state index < -0.39 is 0 Å². The van der Waals surface area contributed by atoms with Gasteiger partial charge in [0.1, 0.15) is 0 Å². The van der Waals surface area contributed by atoms with Crippen LogP contribution in [-0.2, 0) is 4.74 Å². The predicted molar refractivity (Wildman–Crippen MR) is 72.2 cm³/mol. The highest BCUT2D eigenvalue weighted by Gasteiger charge is 2.23. The second-order valence-corrected chi connectivity index (χ2v) is 5.40. The lowest BCUT2D eigenvalue weighted by Crippen LogP contribution is -2.14. The molecule has 0 saturated carbocycles. The largest absolute Gasteiger partial charge is 0.394 e. The summed E-state index contributed by atoms with van der Waals surface area (Å²) >= 11 is 0. The minimum atomic E-state index is 0.133. The molecular formula is C15H30O2. The highest BCUT2D eigenvalue weighted by atomic mass is 16.5. The molecule has 0 aromatic rings. The van der Waals surface area contributed by atoms with Gasteiger partial charge in [0.2, 0.25) is 0 Å². The second kappa shape index (κ2) is 9.90. The van der Waals surface area contributed by atoms with Gasteiger partial charge in [-0.2, -0.15) is 0 Å². The van der Waals surface area contributed by atoms with E-state index in [1.165, 1.54) is 57.8 Å². The van der Waals surface area contributed by atoms with E-state index in [0.29, 0.717) is 6.10 Å². The van der Waals surface area contributed by atoms with Gasteiger partial charge in [0.15, 0.2) is 0 Å². The number of hydrogen-bond donors (Lipinski definition) is 1. The molecule has 0 aromatic heterocycles. The first-order chi connectivity index (χ1) is 8.36. The van der Waals surface area contributed by atoms with Crippen LogP contribution in [0.25, 0.3) is 0 Å². The van der Waals surface area contributed by atoms with Crippen molar-refractivity contribution in [3.05, 3.63) is 0 Å². The van der Waals surface area contributed by atoms with Crippen LogP contribution in [0.5, 0.6) is 0 Å². The number of rotatable bonds is 10. The van der Waals surface area contributed by atoms with E-state index in [-0.39, 0.29) is 12.7 Å². The SMILES string of the molecule is CCCCCCCCCC[C@@H]1CC[C@@H](CO)O1. The molecule has 1 aliphatic rings. The first-order valence-corrected chi connectivity index (χ1v) is 7.63. The summed E-state index contributed by atoms with van der Waals surface area (Å²) in [6, 6.07) is 0. The third kappa shape index (κ3) is 7.05. The molecule has 0 aliphatic carbocycles. The zero-order chi connectivity index (χ0) is 12.3. The quantitative estimate of drug-likeness (QED) is 0.585. The molecule has 1 saturated heterocycles. The molecule has 2 atom stereocenters. The van der Waals surface area contributed by atoms with Gasteiger partial charge < -0.3 is 9.84 Å². The number of aliphatic hydroxyl groups is 1. The molecule has 1 N–H and O–H groups in total. The molecule has 0 radical (unpaired) electrons. The third-order valence-electron chi connectivity index (χ3n) is 3.78. The predicted octanol–water partition coefficient (Wildman–Crippen LogP) is 4.06. The van der Waals surface area contributed by atoms with Gasteiger partial charge in [-0.3, -0.25) is 0 Å². The highest BCUT2D eigenvalue weighted by molar-refractivity contribution is 4.72. The maximum atomic E-state index is 8.97. The Hall–Kier alpha value is -0.0800. The Morgan fingerprint density at radius 2 is 1.47 bits per heavy atom. The van der Waals surface area contributed by atoms with E-state index >= 15 is 0 Å². The van der Waals surface area contributed by atoms with Crippen molar-refractivity contribution in [1.29, 1.82) is 0 Å².